The van der Waals surface area contributed by atoms with Crippen molar-refractivity contribution in [2.24, 2.45) is 7.05 Å². The Morgan fingerprint density at radius 2 is 2.17 bits per heavy atom. The van der Waals surface area contributed by atoms with Gasteiger partial charge in [0.05, 0.1) is 18.6 Å². The lowest BCUT2D eigenvalue weighted by molar-refractivity contribution is 0.304. The number of rotatable bonds is 7. The minimum absolute atomic E-state index is 0.0194. The molecule has 29 heavy (non-hydrogen) atoms. The van der Waals surface area contributed by atoms with E-state index in [1.54, 1.807) is 29.8 Å². The summed E-state index contributed by atoms with van der Waals surface area (Å²) in [7, 11) is -1.86. The van der Waals surface area contributed by atoms with Crippen LogP contribution < -0.4 is 4.74 Å². The number of H-pyrrole nitrogens is 1. The van der Waals surface area contributed by atoms with E-state index in [1.807, 2.05) is 6.07 Å². The number of halogens is 1. The number of hydrogen-bond donors (Lipinski definition) is 1. The van der Waals surface area contributed by atoms with E-state index in [4.69, 9.17) is 4.74 Å². The molecule has 4 rings (SSSR count). The summed E-state index contributed by atoms with van der Waals surface area (Å²) in [5.74, 6) is -0.151. The van der Waals surface area contributed by atoms with Gasteiger partial charge in [0.25, 0.3) is 10.0 Å². The number of nitrogens with one attached hydrogen (secondary N) is 1. The molecule has 1 aliphatic heterocycles. The molecule has 1 atom stereocenters. The number of aromatic nitrogens is 4. The first kappa shape index (κ1) is 19.6. The Balaban J connectivity index is 1.35. The van der Waals surface area contributed by atoms with Crippen molar-refractivity contribution in [2.75, 3.05) is 19.7 Å². The Morgan fingerprint density at radius 3 is 2.93 bits per heavy atom. The van der Waals surface area contributed by atoms with Gasteiger partial charge in [-0.05, 0) is 24.6 Å². The summed E-state index contributed by atoms with van der Waals surface area (Å²) >= 11 is 0. The molecule has 0 aliphatic carbocycles. The normalized spacial score (nSPS) is 17.7. The van der Waals surface area contributed by atoms with E-state index in [-0.39, 0.29) is 16.7 Å². The SMILES string of the molecule is Cn1cnc(S(=O)(=O)N2CC[C@@H](c3cc(CCOc4ccccc4F)[nH]n3)C2)c1. The molecular weight excluding hydrogens is 397 g/mol. The van der Waals surface area contributed by atoms with Gasteiger partial charge >= 0.3 is 0 Å². The van der Waals surface area contributed by atoms with Crippen molar-refractivity contribution in [1.29, 1.82) is 0 Å². The number of imidazole rings is 1. The van der Waals surface area contributed by atoms with Crippen LogP contribution >= 0.6 is 0 Å². The van der Waals surface area contributed by atoms with Gasteiger partial charge in [-0.25, -0.2) is 17.8 Å². The molecule has 0 bridgehead atoms. The monoisotopic (exact) mass is 419 g/mol. The largest absolute Gasteiger partial charge is 0.490 e. The maximum atomic E-state index is 13.6. The van der Waals surface area contributed by atoms with Crippen molar-refractivity contribution in [2.45, 2.75) is 23.8 Å². The summed E-state index contributed by atoms with van der Waals surface area (Å²) in [4.78, 5) is 3.97. The summed E-state index contributed by atoms with van der Waals surface area (Å²) in [5.41, 5.74) is 1.69. The van der Waals surface area contributed by atoms with E-state index in [1.165, 1.54) is 22.9 Å². The zero-order chi connectivity index (χ0) is 20.4. The molecule has 0 amide bonds. The summed E-state index contributed by atoms with van der Waals surface area (Å²) in [6.45, 7) is 1.12. The van der Waals surface area contributed by atoms with Crippen LogP contribution in [0.4, 0.5) is 4.39 Å². The average molecular weight is 419 g/mol. The van der Waals surface area contributed by atoms with E-state index in [2.05, 4.69) is 15.2 Å². The fourth-order valence-electron chi connectivity index (χ4n) is 3.39. The van der Waals surface area contributed by atoms with E-state index in [0.717, 1.165) is 11.4 Å². The fourth-order valence-corrected chi connectivity index (χ4v) is 4.86. The van der Waals surface area contributed by atoms with Gasteiger partial charge in [0.1, 0.15) is 0 Å². The number of para-hydroxylation sites is 1. The van der Waals surface area contributed by atoms with Crippen LogP contribution in [0, 0.1) is 5.82 Å². The first-order chi connectivity index (χ1) is 13.9. The Hall–Kier alpha value is -2.72. The second-order valence-electron chi connectivity index (χ2n) is 7.07. The summed E-state index contributed by atoms with van der Waals surface area (Å²) in [5, 5.41) is 7.37. The van der Waals surface area contributed by atoms with Gasteiger partial charge in [-0.3, -0.25) is 5.10 Å². The van der Waals surface area contributed by atoms with Crippen molar-refractivity contribution in [3.8, 4) is 5.75 Å². The molecule has 1 N–H and O–H groups in total. The van der Waals surface area contributed by atoms with Gasteiger partial charge in [-0.2, -0.15) is 9.40 Å². The first-order valence-corrected chi connectivity index (χ1v) is 10.8. The molecule has 2 aromatic heterocycles. The minimum atomic E-state index is -3.59. The molecule has 0 radical (unpaired) electrons. The van der Waals surface area contributed by atoms with Crippen LogP contribution in [0.25, 0.3) is 0 Å². The second kappa shape index (κ2) is 7.96. The maximum absolute atomic E-state index is 13.6. The van der Waals surface area contributed by atoms with Crippen LogP contribution in [-0.2, 0) is 23.5 Å². The van der Waals surface area contributed by atoms with Gasteiger partial charge < -0.3 is 9.30 Å². The molecule has 154 valence electrons. The number of aromatic amines is 1. The smallest absolute Gasteiger partial charge is 0.262 e. The number of ether oxygens (including phenoxy) is 1. The van der Waals surface area contributed by atoms with Gasteiger partial charge in [0, 0.05) is 44.4 Å². The molecule has 0 unspecified atom stereocenters. The quantitative estimate of drug-likeness (QED) is 0.633. The van der Waals surface area contributed by atoms with Crippen molar-refractivity contribution >= 4 is 10.0 Å². The summed E-state index contributed by atoms with van der Waals surface area (Å²) in [6.07, 6.45) is 4.22. The lowest BCUT2D eigenvalue weighted by atomic mass is 10.0. The van der Waals surface area contributed by atoms with Gasteiger partial charge in [0.15, 0.2) is 16.6 Å². The fraction of sp³-hybridized carbons (Fsp3) is 0.368. The van der Waals surface area contributed by atoms with Crippen molar-refractivity contribution in [1.82, 2.24) is 24.1 Å². The van der Waals surface area contributed by atoms with E-state index >= 15 is 0 Å². The standard InChI is InChI=1S/C19H22FN5O3S/c1-24-12-19(21-13-24)29(26,27)25-8-6-14(11-25)17-10-15(22-23-17)7-9-28-18-5-3-2-4-16(18)20/h2-5,10,12-14H,6-9,11H2,1H3,(H,22,23)/t14-/m1/s1. The molecule has 3 heterocycles. The van der Waals surface area contributed by atoms with Crippen molar-refractivity contribution in [3.63, 3.8) is 0 Å². The highest BCUT2D eigenvalue weighted by atomic mass is 32.2. The molecule has 0 spiro atoms. The zero-order valence-electron chi connectivity index (χ0n) is 16.0. The van der Waals surface area contributed by atoms with Crippen LogP contribution in [-0.4, -0.2) is 52.2 Å². The highest BCUT2D eigenvalue weighted by Crippen LogP contribution is 2.30. The topological polar surface area (TPSA) is 93.1 Å². The lowest BCUT2D eigenvalue weighted by Crippen LogP contribution is -2.29. The van der Waals surface area contributed by atoms with Crippen LogP contribution in [0.5, 0.6) is 5.75 Å². The highest BCUT2D eigenvalue weighted by Gasteiger charge is 2.35. The number of hydrogen-bond acceptors (Lipinski definition) is 5. The summed E-state index contributed by atoms with van der Waals surface area (Å²) < 4.78 is 47.5. The van der Waals surface area contributed by atoms with Crippen LogP contribution in [0.3, 0.4) is 0 Å². The van der Waals surface area contributed by atoms with Crippen LogP contribution in [0.2, 0.25) is 0 Å². The predicted molar refractivity (Wildman–Crippen MR) is 104 cm³/mol. The third-order valence-corrected chi connectivity index (χ3v) is 6.72. The molecule has 1 aliphatic rings. The molecule has 1 saturated heterocycles. The van der Waals surface area contributed by atoms with Gasteiger partial charge in [-0.1, -0.05) is 12.1 Å². The molecular formula is C19H22FN5O3S. The Kier molecular flexibility index (Phi) is 5.37. The average Bonchev–Trinajstić information content (AvgIpc) is 3.43. The third-order valence-electron chi connectivity index (χ3n) is 4.97. The predicted octanol–water partition coefficient (Wildman–Crippen LogP) is 2.08. The van der Waals surface area contributed by atoms with E-state index < -0.39 is 15.8 Å². The van der Waals surface area contributed by atoms with Crippen LogP contribution in [0.15, 0.2) is 47.9 Å². The van der Waals surface area contributed by atoms with Crippen molar-refractivity contribution < 1.29 is 17.5 Å². The zero-order valence-corrected chi connectivity index (χ0v) is 16.8. The highest BCUT2D eigenvalue weighted by molar-refractivity contribution is 7.89. The van der Waals surface area contributed by atoms with Crippen LogP contribution in [0.1, 0.15) is 23.7 Å². The lowest BCUT2D eigenvalue weighted by Gasteiger charge is -2.14. The molecule has 10 heteroatoms. The second-order valence-corrected chi connectivity index (χ2v) is 8.96. The maximum Gasteiger partial charge on any atom is 0.262 e. The minimum Gasteiger partial charge on any atom is -0.490 e. The van der Waals surface area contributed by atoms with Gasteiger partial charge in [0.2, 0.25) is 0 Å². The molecule has 8 nitrogen and oxygen atoms in total. The number of sulfonamides is 1. The molecule has 0 saturated carbocycles. The molecule has 1 aromatic carbocycles. The Labute approximate surface area is 168 Å². The number of nitrogens with zero attached hydrogens (tertiary/aromatic N) is 4. The Bertz CT molecular complexity index is 1090. The van der Waals surface area contributed by atoms with E-state index in [0.29, 0.717) is 32.5 Å². The number of benzene rings is 1. The van der Waals surface area contributed by atoms with Gasteiger partial charge in [-0.15, -0.1) is 0 Å². The molecule has 3 aromatic rings. The van der Waals surface area contributed by atoms with Crippen molar-refractivity contribution in [3.05, 3.63) is 60.1 Å². The summed E-state index contributed by atoms with van der Waals surface area (Å²) in [6, 6.07) is 8.20. The number of aryl methyl sites for hydroxylation is 1. The Morgan fingerprint density at radius 1 is 1.34 bits per heavy atom. The third kappa shape index (κ3) is 4.18. The van der Waals surface area contributed by atoms with E-state index in [9.17, 15) is 12.8 Å². The first-order valence-electron chi connectivity index (χ1n) is 9.33. The molecule has 1 fully saturated rings.